The highest BCUT2D eigenvalue weighted by molar-refractivity contribution is 4.94. The van der Waals surface area contributed by atoms with E-state index < -0.39 is 0 Å². The van der Waals surface area contributed by atoms with Gasteiger partial charge < -0.3 is 15.2 Å². The van der Waals surface area contributed by atoms with Crippen LogP contribution in [0.4, 0.5) is 0 Å². The number of nitrogens with one attached hydrogen (secondary N) is 1. The highest BCUT2D eigenvalue weighted by atomic mass is 16.5. The minimum absolute atomic E-state index is 0.201. The first-order valence-corrected chi connectivity index (χ1v) is 5.46. The average Bonchev–Trinajstić information content (AvgIpc) is 2.74. The van der Waals surface area contributed by atoms with E-state index in [-0.39, 0.29) is 6.10 Å². The Morgan fingerprint density at radius 3 is 3.00 bits per heavy atom. The molecule has 0 aromatic rings. The molecule has 0 aromatic heterocycles. The molecular weight excluding hydrogens is 180 g/mol. The van der Waals surface area contributed by atoms with E-state index in [2.05, 4.69) is 10.2 Å². The number of hydrogen-bond acceptors (Lipinski definition) is 4. The highest BCUT2D eigenvalue weighted by Gasteiger charge is 2.36. The molecule has 4 nitrogen and oxygen atoms in total. The Morgan fingerprint density at radius 2 is 2.36 bits per heavy atom. The van der Waals surface area contributed by atoms with Crippen LogP contribution in [0, 0.1) is 0 Å². The second-order valence-corrected chi connectivity index (χ2v) is 4.28. The Labute approximate surface area is 85.2 Å². The van der Waals surface area contributed by atoms with Crippen molar-refractivity contribution in [1.29, 1.82) is 0 Å². The van der Waals surface area contributed by atoms with E-state index >= 15 is 0 Å². The van der Waals surface area contributed by atoms with Gasteiger partial charge in [0.25, 0.3) is 0 Å². The number of nitrogens with zero attached hydrogens (tertiary/aromatic N) is 1. The Balaban J connectivity index is 1.94. The number of likely N-dealkylation sites (tertiary alicyclic amines) is 1. The molecule has 2 aliphatic rings. The molecule has 2 aliphatic heterocycles. The third-order valence-corrected chi connectivity index (χ3v) is 3.36. The van der Waals surface area contributed by atoms with Crippen molar-refractivity contribution in [3.05, 3.63) is 0 Å². The summed E-state index contributed by atoms with van der Waals surface area (Å²) in [6.45, 7) is 3.56. The van der Waals surface area contributed by atoms with E-state index in [1.807, 2.05) is 0 Å². The molecule has 2 fully saturated rings. The fraction of sp³-hybridized carbons (Fsp3) is 1.00. The zero-order valence-electron chi connectivity index (χ0n) is 8.78. The van der Waals surface area contributed by atoms with Crippen molar-refractivity contribution in [2.24, 2.45) is 0 Å². The van der Waals surface area contributed by atoms with Crippen molar-refractivity contribution in [2.45, 2.75) is 31.0 Å². The van der Waals surface area contributed by atoms with Crippen LogP contribution in [0.5, 0.6) is 0 Å². The zero-order valence-corrected chi connectivity index (χ0v) is 8.78. The van der Waals surface area contributed by atoms with E-state index in [1.165, 1.54) is 12.8 Å². The summed E-state index contributed by atoms with van der Waals surface area (Å²) >= 11 is 0. The largest absolute Gasteiger partial charge is 0.390 e. The number of rotatable bonds is 3. The lowest BCUT2D eigenvalue weighted by atomic mass is 10.1. The predicted molar refractivity (Wildman–Crippen MR) is 54.3 cm³/mol. The summed E-state index contributed by atoms with van der Waals surface area (Å²) in [5.74, 6) is 0. The molecule has 0 aromatic carbocycles. The van der Waals surface area contributed by atoms with Crippen LogP contribution in [0.3, 0.4) is 0 Å². The van der Waals surface area contributed by atoms with Gasteiger partial charge in [-0.3, -0.25) is 4.90 Å². The molecule has 0 bridgehead atoms. The quantitative estimate of drug-likeness (QED) is 0.640. The lowest BCUT2D eigenvalue weighted by molar-refractivity contribution is 0.0443. The number of hydrogen-bond donors (Lipinski definition) is 2. The van der Waals surface area contributed by atoms with Gasteiger partial charge >= 0.3 is 0 Å². The van der Waals surface area contributed by atoms with E-state index in [0.717, 1.165) is 26.2 Å². The molecule has 0 aliphatic carbocycles. The maximum atomic E-state index is 9.79. The van der Waals surface area contributed by atoms with Gasteiger partial charge in [-0.15, -0.1) is 0 Å². The third kappa shape index (κ3) is 1.93. The molecule has 0 saturated carbocycles. The molecule has 0 radical (unpaired) electrons. The summed E-state index contributed by atoms with van der Waals surface area (Å²) in [5.41, 5.74) is 0. The van der Waals surface area contributed by atoms with E-state index in [9.17, 15) is 5.11 Å². The third-order valence-electron chi connectivity index (χ3n) is 3.36. The van der Waals surface area contributed by atoms with Crippen LogP contribution in [0.15, 0.2) is 0 Å². The maximum Gasteiger partial charge on any atom is 0.0831 e. The van der Waals surface area contributed by atoms with Crippen LogP contribution in [0.1, 0.15) is 12.8 Å². The molecule has 2 rings (SSSR count). The van der Waals surface area contributed by atoms with Crippen LogP contribution in [-0.4, -0.2) is 61.5 Å². The summed E-state index contributed by atoms with van der Waals surface area (Å²) in [4.78, 5) is 2.41. The monoisotopic (exact) mass is 200 g/mol. The minimum Gasteiger partial charge on any atom is -0.390 e. The molecule has 0 spiro atoms. The summed E-state index contributed by atoms with van der Waals surface area (Å²) in [6, 6.07) is 0.817. The Kier molecular flexibility index (Phi) is 3.38. The van der Waals surface area contributed by atoms with Gasteiger partial charge in [0.15, 0.2) is 0 Å². The van der Waals surface area contributed by atoms with Crippen molar-refractivity contribution < 1.29 is 9.84 Å². The first-order valence-electron chi connectivity index (χ1n) is 5.46. The normalized spacial score (nSPS) is 39.4. The SMILES string of the molecule is COCC1CCCN1[C@@H]1CNC[C@H]1O. The zero-order chi connectivity index (χ0) is 9.97. The van der Waals surface area contributed by atoms with E-state index in [4.69, 9.17) is 4.74 Å². The van der Waals surface area contributed by atoms with Crippen LogP contribution in [0.25, 0.3) is 0 Å². The Hall–Kier alpha value is -0.160. The molecule has 4 heteroatoms. The fourth-order valence-electron chi connectivity index (χ4n) is 2.66. The van der Waals surface area contributed by atoms with Crippen LogP contribution in [0.2, 0.25) is 0 Å². The van der Waals surface area contributed by atoms with Crippen molar-refractivity contribution >= 4 is 0 Å². The van der Waals surface area contributed by atoms with Crippen LogP contribution in [-0.2, 0) is 4.74 Å². The molecule has 2 N–H and O–H groups in total. The second-order valence-electron chi connectivity index (χ2n) is 4.28. The molecule has 0 amide bonds. The number of aliphatic hydroxyl groups excluding tert-OH is 1. The van der Waals surface area contributed by atoms with Gasteiger partial charge in [-0.25, -0.2) is 0 Å². The molecule has 2 saturated heterocycles. The fourth-order valence-corrected chi connectivity index (χ4v) is 2.66. The number of aliphatic hydroxyl groups is 1. The van der Waals surface area contributed by atoms with Gasteiger partial charge in [-0.05, 0) is 19.4 Å². The molecule has 1 unspecified atom stereocenters. The smallest absolute Gasteiger partial charge is 0.0831 e. The summed E-state index contributed by atoms with van der Waals surface area (Å²) < 4.78 is 5.21. The van der Waals surface area contributed by atoms with E-state index in [0.29, 0.717) is 12.1 Å². The summed E-state index contributed by atoms with van der Waals surface area (Å²) in [6.07, 6.45) is 2.24. The molecule has 2 heterocycles. The second kappa shape index (κ2) is 4.57. The number of β-amino-alcohol motifs (C(OH)–C–C–N with tert-alkyl or cyclic N) is 1. The van der Waals surface area contributed by atoms with Crippen LogP contribution >= 0.6 is 0 Å². The topological polar surface area (TPSA) is 44.7 Å². The maximum absolute atomic E-state index is 9.79. The summed E-state index contributed by atoms with van der Waals surface area (Å²) in [5, 5.41) is 13.0. The van der Waals surface area contributed by atoms with Gasteiger partial charge in [-0.2, -0.15) is 0 Å². The van der Waals surface area contributed by atoms with Crippen molar-refractivity contribution in [3.8, 4) is 0 Å². The minimum atomic E-state index is -0.201. The molecule has 3 atom stereocenters. The molecule has 14 heavy (non-hydrogen) atoms. The lowest BCUT2D eigenvalue weighted by Gasteiger charge is -2.31. The van der Waals surface area contributed by atoms with Gasteiger partial charge in [0, 0.05) is 32.3 Å². The molecular formula is C10H20N2O2. The van der Waals surface area contributed by atoms with Crippen LogP contribution < -0.4 is 5.32 Å². The average molecular weight is 200 g/mol. The Bertz CT molecular complexity index is 189. The van der Waals surface area contributed by atoms with Gasteiger partial charge in [0.2, 0.25) is 0 Å². The predicted octanol–water partition coefficient (Wildman–Crippen LogP) is -0.570. The standard InChI is InChI=1S/C10H20N2O2/c1-14-7-8-3-2-4-12(8)9-5-11-6-10(9)13/h8-11,13H,2-7H2,1H3/t8?,9-,10-/m1/s1. The van der Waals surface area contributed by atoms with Gasteiger partial charge in [0.1, 0.15) is 0 Å². The first-order chi connectivity index (χ1) is 6.83. The van der Waals surface area contributed by atoms with Crippen molar-refractivity contribution in [1.82, 2.24) is 10.2 Å². The van der Waals surface area contributed by atoms with E-state index in [1.54, 1.807) is 7.11 Å². The van der Waals surface area contributed by atoms with Gasteiger partial charge in [-0.1, -0.05) is 0 Å². The number of ether oxygens (including phenoxy) is 1. The van der Waals surface area contributed by atoms with Crippen molar-refractivity contribution in [3.63, 3.8) is 0 Å². The lowest BCUT2D eigenvalue weighted by Crippen LogP contribution is -2.47. The summed E-state index contributed by atoms with van der Waals surface area (Å²) in [7, 11) is 1.75. The Morgan fingerprint density at radius 1 is 1.50 bits per heavy atom. The van der Waals surface area contributed by atoms with Gasteiger partial charge in [0.05, 0.1) is 12.7 Å². The van der Waals surface area contributed by atoms with Crippen molar-refractivity contribution in [2.75, 3.05) is 33.4 Å². The highest BCUT2D eigenvalue weighted by Crippen LogP contribution is 2.23. The molecule has 82 valence electrons. The number of methoxy groups -OCH3 is 1. The first kappa shape index (κ1) is 10.4.